The van der Waals surface area contributed by atoms with Crippen LogP contribution < -0.4 is 4.74 Å². The van der Waals surface area contributed by atoms with Crippen LogP contribution in [0.5, 0.6) is 5.75 Å². The summed E-state index contributed by atoms with van der Waals surface area (Å²) in [4.78, 5) is 4.64. The minimum atomic E-state index is -3.35. The molecular weight excluding hydrogens is 448 g/mol. The Morgan fingerprint density at radius 1 is 0.971 bits per heavy atom. The van der Waals surface area contributed by atoms with Gasteiger partial charge < -0.3 is 9.94 Å². The van der Waals surface area contributed by atoms with Crippen LogP contribution in [0.4, 0.5) is 0 Å². The molecule has 2 heterocycles. The van der Waals surface area contributed by atoms with Crippen molar-refractivity contribution < 1.29 is 18.4 Å². The van der Waals surface area contributed by atoms with Crippen molar-refractivity contribution in [3.8, 4) is 28.3 Å². The van der Waals surface area contributed by atoms with E-state index in [9.17, 15) is 13.6 Å². The molecule has 0 bridgehead atoms. The largest absolute Gasteiger partial charge is 0.490 e. The van der Waals surface area contributed by atoms with Gasteiger partial charge in [-0.3, -0.25) is 0 Å². The lowest BCUT2D eigenvalue weighted by molar-refractivity contribution is 0.0885. The SMILES string of the molecule is Cc1cc(-c2cc(S(=O)(=O)C3CC3)ccc2OC2CCC(C(C)(C)C)CC2)c2ccnc-2n1O. The van der Waals surface area contributed by atoms with Crippen LogP contribution in [0, 0.1) is 18.3 Å². The average Bonchev–Trinajstić information content (AvgIpc) is 3.54. The number of benzene rings is 1. The highest BCUT2D eigenvalue weighted by Crippen LogP contribution is 2.44. The number of fused-ring (bicyclic) bond motifs is 1. The van der Waals surface area contributed by atoms with Gasteiger partial charge in [-0.15, -0.1) is 0 Å². The first-order chi connectivity index (χ1) is 16.1. The lowest BCUT2D eigenvalue weighted by Gasteiger charge is -2.37. The fraction of sp³-hybridized carbons (Fsp3) is 0.519. The molecule has 4 aliphatic rings. The van der Waals surface area contributed by atoms with Crippen molar-refractivity contribution in [2.75, 3.05) is 0 Å². The van der Waals surface area contributed by atoms with E-state index in [0.717, 1.165) is 59.9 Å². The second-order valence-electron chi connectivity index (χ2n) is 11.1. The molecule has 5 rings (SSSR count). The zero-order chi connectivity index (χ0) is 24.3. The molecule has 2 aliphatic heterocycles. The Morgan fingerprint density at radius 2 is 1.68 bits per heavy atom. The fourth-order valence-electron chi connectivity index (χ4n) is 5.24. The van der Waals surface area contributed by atoms with E-state index in [2.05, 4.69) is 25.8 Å². The molecule has 0 amide bonds. The maximum atomic E-state index is 13.0. The molecule has 0 atom stereocenters. The standard InChI is InChI=1S/C27H34N2O4S/c1-17-15-23(22-13-14-28-26(22)29(17)30)24-16-21(34(31,32)20-9-10-20)11-12-25(24)33-19-7-5-18(6-8-19)27(2,3)4/h11-16,18-20,30H,5-10H2,1-4H3. The summed E-state index contributed by atoms with van der Waals surface area (Å²) in [5.74, 6) is 1.82. The average molecular weight is 483 g/mol. The van der Waals surface area contributed by atoms with Crippen molar-refractivity contribution in [3.05, 3.63) is 42.2 Å². The number of aryl methyl sites for hydroxylation is 1. The summed E-state index contributed by atoms with van der Waals surface area (Å²) in [6, 6.07) is 8.98. The predicted molar refractivity (Wildman–Crippen MR) is 132 cm³/mol. The molecule has 6 nitrogen and oxygen atoms in total. The van der Waals surface area contributed by atoms with Crippen LogP contribution in [-0.4, -0.2) is 34.7 Å². The molecule has 0 unspecified atom stereocenters. The van der Waals surface area contributed by atoms with Gasteiger partial charge in [0.25, 0.3) is 0 Å². The van der Waals surface area contributed by atoms with Gasteiger partial charge >= 0.3 is 0 Å². The summed E-state index contributed by atoms with van der Waals surface area (Å²) in [5.41, 5.74) is 3.23. The van der Waals surface area contributed by atoms with Crippen molar-refractivity contribution in [2.45, 2.75) is 82.5 Å². The van der Waals surface area contributed by atoms with Gasteiger partial charge in [-0.1, -0.05) is 20.8 Å². The molecule has 2 fully saturated rings. The summed E-state index contributed by atoms with van der Waals surface area (Å²) >= 11 is 0. The summed E-state index contributed by atoms with van der Waals surface area (Å²) in [6.07, 6.45) is 7.43. The summed E-state index contributed by atoms with van der Waals surface area (Å²) in [5, 5.41) is 10.2. The number of sulfone groups is 1. The number of ether oxygens (including phenoxy) is 1. The van der Waals surface area contributed by atoms with Gasteiger partial charge in [-0.2, -0.15) is 4.73 Å². The van der Waals surface area contributed by atoms with Gasteiger partial charge in [0.05, 0.1) is 21.9 Å². The molecule has 1 aromatic carbocycles. The number of hydrogen-bond acceptors (Lipinski definition) is 5. The molecule has 1 N–H and O–H groups in total. The first-order valence-electron chi connectivity index (χ1n) is 12.3. The molecule has 1 aromatic rings. The highest BCUT2D eigenvalue weighted by Gasteiger charge is 2.37. The zero-order valence-electron chi connectivity index (χ0n) is 20.4. The van der Waals surface area contributed by atoms with Gasteiger partial charge in [0.15, 0.2) is 15.7 Å². The van der Waals surface area contributed by atoms with Crippen molar-refractivity contribution in [1.29, 1.82) is 0 Å². The van der Waals surface area contributed by atoms with Gasteiger partial charge in [0.2, 0.25) is 0 Å². The number of aromatic nitrogens is 2. The van der Waals surface area contributed by atoms with Crippen LogP contribution in [0.25, 0.3) is 22.5 Å². The third kappa shape index (κ3) is 4.19. The molecule has 7 heteroatoms. The van der Waals surface area contributed by atoms with Crippen LogP contribution in [0.1, 0.15) is 65.0 Å². The molecular formula is C27H34N2O4S. The van der Waals surface area contributed by atoms with E-state index in [1.165, 1.54) is 0 Å². The minimum absolute atomic E-state index is 0.101. The van der Waals surface area contributed by atoms with Gasteiger partial charge in [-0.25, -0.2) is 13.4 Å². The molecule has 34 heavy (non-hydrogen) atoms. The van der Waals surface area contributed by atoms with Gasteiger partial charge in [0, 0.05) is 17.3 Å². The Bertz CT molecular complexity index is 1280. The zero-order valence-corrected chi connectivity index (χ0v) is 21.2. The Morgan fingerprint density at radius 3 is 2.32 bits per heavy atom. The number of hydrogen-bond donors (Lipinski definition) is 1. The highest BCUT2D eigenvalue weighted by molar-refractivity contribution is 7.92. The fourth-order valence-corrected chi connectivity index (χ4v) is 6.92. The molecule has 0 saturated heterocycles. The van der Waals surface area contributed by atoms with Crippen LogP contribution in [0.3, 0.4) is 0 Å². The lowest BCUT2D eigenvalue weighted by Crippen LogP contribution is -2.30. The van der Waals surface area contributed by atoms with E-state index >= 15 is 0 Å². The summed E-state index contributed by atoms with van der Waals surface area (Å²) in [6.45, 7) is 8.72. The molecule has 2 aliphatic carbocycles. The topological polar surface area (TPSA) is 81.4 Å². The van der Waals surface area contributed by atoms with E-state index in [4.69, 9.17) is 4.74 Å². The monoisotopic (exact) mass is 482 g/mol. The molecule has 0 aromatic heterocycles. The molecule has 182 valence electrons. The van der Waals surface area contributed by atoms with Crippen molar-refractivity contribution in [3.63, 3.8) is 0 Å². The smallest absolute Gasteiger partial charge is 0.181 e. The third-order valence-corrected chi connectivity index (χ3v) is 9.84. The Kier molecular flexibility index (Phi) is 5.66. The normalized spacial score (nSPS) is 21.6. The Labute approximate surface area is 202 Å². The van der Waals surface area contributed by atoms with E-state index in [-0.39, 0.29) is 11.4 Å². The minimum Gasteiger partial charge on any atom is -0.490 e. The predicted octanol–water partition coefficient (Wildman–Crippen LogP) is 6.12. The Hall–Kier alpha value is -2.54. The van der Waals surface area contributed by atoms with Crippen molar-refractivity contribution in [2.24, 2.45) is 11.3 Å². The van der Waals surface area contributed by atoms with Crippen molar-refractivity contribution >= 4 is 9.84 Å². The van der Waals surface area contributed by atoms with Crippen LogP contribution in [-0.2, 0) is 9.84 Å². The van der Waals surface area contributed by atoms with Gasteiger partial charge in [0.1, 0.15) is 5.75 Å². The third-order valence-electron chi connectivity index (χ3n) is 7.58. The maximum Gasteiger partial charge on any atom is 0.181 e. The second kappa shape index (κ2) is 8.29. The molecule has 2 saturated carbocycles. The van der Waals surface area contributed by atoms with E-state index in [0.29, 0.717) is 33.5 Å². The van der Waals surface area contributed by atoms with Crippen LogP contribution in [0.15, 0.2) is 41.4 Å². The molecule has 0 radical (unpaired) electrons. The second-order valence-corrected chi connectivity index (χ2v) is 13.3. The maximum absolute atomic E-state index is 13.0. The highest BCUT2D eigenvalue weighted by atomic mass is 32.2. The van der Waals surface area contributed by atoms with E-state index in [1.807, 2.05) is 18.2 Å². The van der Waals surface area contributed by atoms with Gasteiger partial charge in [-0.05, 0) is 92.7 Å². The molecule has 0 spiro atoms. The first kappa shape index (κ1) is 23.2. The van der Waals surface area contributed by atoms with Crippen LogP contribution >= 0.6 is 0 Å². The number of nitrogens with zero attached hydrogens (tertiary/aromatic N) is 2. The van der Waals surface area contributed by atoms with E-state index < -0.39 is 9.84 Å². The summed E-state index contributed by atoms with van der Waals surface area (Å²) in [7, 11) is -3.35. The van der Waals surface area contributed by atoms with Crippen molar-refractivity contribution in [1.82, 2.24) is 9.71 Å². The lowest BCUT2D eigenvalue weighted by atomic mass is 9.72. The van der Waals surface area contributed by atoms with Crippen LogP contribution in [0.2, 0.25) is 0 Å². The van der Waals surface area contributed by atoms with E-state index in [1.54, 1.807) is 25.3 Å². The number of pyridine rings is 1. The Balaban J connectivity index is 1.54. The first-order valence-corrected chi connectivity index (χ1v) is 13.8. The number of rotatable bonds is 5. The quantitative estimate of drug-likeness (QED) is 0.443. The summed E-state index contributed by atoms with van der Waals surface area (Å²) < 4.78 is 33.7.